The van der Waals surface area contributed by atoms with Gasteiger partial charge in [-0.05, 0) is 11.6 Å². The number of amides is 1. The lowest BCUT2D eigenvalue weighted by Crippen LogP contribution is -2.26. The quantitative estimate of drug-likeness (QED) is 0.726. The van der Waals surface area contributed by atoms with E-state index < -0.39 is 12.1 Å². The van der Waals surface area contributed by atoms with Crippen LogP contribution in [0.1, 0.15) is 5.56 Å². The van der Waals surface area contributed by atoms with E-state index in [0.29, 0.717) is 5.56 Å². The number of halogens is 1. The Balaban J connectivity index is 2.74. The summed E-state index contributed by atoms with van der Waals surface area (Å²) >= 11 is 0. The summed E-state index contributed by atoms with van der Waals surface area (Å²) in [6, 6.07) is 6.26. The fraction of sp³-hybridized carbons (Fsp3) is 0.222. The lowest BCUT2D eigenvalue weighted by Gasteiger charge is -2.05. The zero-order valence-electron chi connectivity index (χ0n) is 6.90. The van der Waals surface area contributed by atoms with Crippen LogP contribution >= 0.6 is 0 Å². The maximum atomic E-state index is 12.8. The molecule has 0 radical (unpaired) electrons. The number of carbonyl (C=O) groups excluding carboxylic acids is 1. The second-order valence-electron chi connectivity index (χ2n) is 2.70. The summed E-state index contributed by atoms with van der Waals surface area (Å²) in [5.74, 6) is -1.03. The van der Waals surface area contributed by atoms with Crippen LogP contribution in [0.4, 0.5) is 4.39 Å². The lowest BCUT2D eigenvalue weighted by atomic mass is 10.1. The first-order valence-corrected chi connectivity index (χ1v) is 3.81. The molecule has 0 saturated heterocycles. The minimum Gasteiger partial charge on any atom is -0.508 e. The largest absolute Gasteiger partial charge is 0.508 e. The second-order valence-corrected chi connectivity index (χ2v) is 2.70. The average molecular weight is 183 g/mol. The van der Waals surface area contributed by atoms with Gasteiger partial charge in [0.25, 0.3) is 5.91 Å². The normalized spacial score (nSPS) is 12.4. The number of phenols is 1. The molecule has 1 amide bonds. The summed E-state index contributed by atoms with van der Waals surface area (Å²) in [6.45, 7) is 0. The molecule has 1 aromatic rings. The Hall–Kier alpha value is -1.58. The highest BCUT2D eigenvalue weighted by atomic mass is 19.1. The summed E-state index contributed by atoms with van der Waals surface area (Å²) in [4.78, 5) is 10.4. The summed E-state index contributed by atoms with van der Waals surface area (Å²) in [7, 11) is 0. The number of primary amides is 1. The Kier molecular flexibility index (Phi) is 2.84. The third kappa shape index (κ3) is 2.43. The third-order valence-corrected chi connectivity index (χ3v) is 1.70. The molecular formula is C9H10FNO2. The Morgan fingerprint density at radius 2 is 2.15 bits per heavy atom. The molecule has 1 unspecified atom stereocenters. The topological polar surface area (TPSA) is 63.3 Å². The van der Waals surface area contributed by atoms with Crippen LogP contribution in [-0.4, -0.2) is 17.2 Å². The van der Waals surface area contributed by atoms with Crippen molar-refractivity contribution in [2.24, 2.45) is 5.73 Å². The van der Waals surface area contributed by atoms with Gasteiger partial charge in [-0.2, -0.15) is 0 Å². The van der Waals surface area contributed by atoms with Crippen molar-refractivity contribution >= 4 is 5.91 Å². The van der Waals surface area contributed by atoms with E-state index in [1.165, 1.54) is 6.07 Å². The Labute approximate surface area is 75.0 Å². The van der Waals surface area contributed by atoms with Gasteiger partial charge < -0.3 is 10.8 Å². The van der Waals surface area contributed by atoms with Crippen LogP contribution in [-0.2, 0) is 11.2 Å². The maximum absolute atomic E-state index is 12.8. The zero-order valence-corrected chi connectivity index (χ0v) is 6.90. The van der Waals surface area contributed by atoms with Gasteiger partial charge in [0.15, 0.2) is 6.17 Å². The van der Waals surface area contributed by atoms with E-state index in [4.69, 9.17) is 5.73 Å². The molecular weight excluding hydrogens is 173 g/mol. The van der Waals surface area contributed by atoms with Crippen LogP contribution in [0.2, 0.25) is 0 Å². The molecule has 0 bridgehead atoms. The number of para-hydroxylation sites is 1. The standard InChI is InChI=1S/C9H10FNO2/c10-7(9(11)13)5-6-3-1-2-4-8(6)12/h1-4,7,12H,5H2,(H2,11,13). The van der Waals surface area contributed by atoms with Crippen LogP contribution < -0.4 is 5.73 Å². The summed E-state index contributed by atoms with van der Waals surface area (Å²) < 4.78 is 12.8. The third-order valence-electron chi connectivity index (χ3n) is 1.70. The van der Waals surface area contributed by atoms with E-state index in [9.17, 15) is 14.3 Å². The SMILES string of the molecule is NC(=O)C(F)Cc1ccccc1O. The summed E-state index contributed by atoms with van der Waals surface area (Å²) in [5.41, 5.74) is 5.12. The van der Waals surface area contributed by atoms with E-state index in [2.05, 4.69) is 0 Å². The summed E-state index contributed by atoms with van der Waals surface area (Å²) in [6.07, 6.45) is -1.92. The molecule has 3 N–H and O–H groups in total. The van der Waals surface area contributed by atoms with Gasteiger partial charge in [-0.3, -0.25) is 4.79 Å². The minimum atomic E-state index is -1.74. The molecule has 0 aliphatic rings. The molecule has 1 rings (SSSR count). The minimum absolute atomic E-state index is 0.0219. The van der Waals surface area contributed by atoms with Crippen molar-refractivity contribution in [1.29, 1.82) is 0 Å². The fourth-order valence-electron chi connectivity index (χ4n) is 0.977. The lowest BCUT2D eigenvalue weighted by molar-refractivity contribution is -0.122. The molecule has 1 atom stereocenters. The van der Waals surface area contributed by atoms with Crippen molar-refractivity contribution in [1.82, 2.24) is 0 Å². The number of benzene rings is 1. The molecule has 3 nitrogen and oxygen atoms in total. The first-order valence-electron chi connectivity index (χ1n) is 3.81. The molecule has 0 saturated carbocycles. The summed E-state index contributed by atoms with van der Waals surface area (Å²) in [5, 5.41) is 9.22. The number of rotatable bonds is 3. The predicted octanol–water partition coefficient (Wildman–Crippen LogP) is 0.758. The first-order chi connectivity index (χ1) is 6.11. The number of carbonyl (C=O) groups is 1. The van der Waals surface area contributed by atoms with Crippen molar-refractivity contribution in [2.75, 3.05) is 0 Å². The van der Waals surface area contributed by atoms with Gasteiger partial charge in [-0.15, -0.1) is 0 Å². The molecule has 70 valence electrons. The van der Waals surface area contributed by atoms with Gasteiger partial charge in [0, 0.05) is 6.42 Å². The molecule has 0 spiro atoms. The van der Waals surface area contributed by atoms with Crippen molar-refractivity contribution in [2.45, 2.75) is 12.6 Å². The van der Waals surface area contributed by atoms with E-state index in [1.807, 2.05) is 0 Å². The van der Waals surface area contributed by atoms with Crippen LogP contribution in [0, 0.1) is 0 Å². The van der Waals surface area contributed by atoms with E-state index in [0.717, 1.165) is 0 Å². The second kappa shape index (κ2) is 3.89. The molecule has 13 heavy (non-hydrogen) atoms. The fourth-order valence-corrected chi connectivity index (χ4v) is 0.977. The monoisotopic (exact) mass is 183 g/mol. The van der Waals surface area contributed by atoms with Crippen molar-refractivity contribution in [3.63, 3.8) is 0 Å². The zero-order chi connectivity index (χ0) is 9.84. The van der Waals surface area contributed by atoms with Gasteiger partial charge in [0.1, 0.15) is 5.75 Å². The molecule has 1 aromatic carbocycles. The van der Waals surface area contributed by atoms with E-state index in [-0.39, 0.29) is 12.2 Å². The number of nitrogens with two attached hydrogens (primary N) is 1. The Morgan fingerprint density at radius 1 is 1.54 bits per heavy atom. The predicted molar refractivity (Wildman–Crippen MR) is 45.9 cm³/mol. The highest BCUT2D eigenvalue weighted by Crippen LogP contribution is 2.18. The van der Waals surface area contributed by atoms with Crippen LogP contribution in [0.15, 0.2) is 24.3 Å². The van der Waals surface area contributed by atoms with Crippen LogP contribution in [0.5, 0.6) is 5.75 Å². The number of hydrogen-bond acceptors (Lipinski definition) is 2. The average Bonchev–Trinajstić information content (AvgIpc) is 2.08. The molecule has 0 aliphatic heterocycles. The Morgan fingerprint density at radius 3 is 2.69 bits per heavy atom. The van der Waals surface area contributed by atoms with Gasteiger partial charge in [0.05, 0.1) is 0 Å². The van der Waals surface area contributed by atoms with Crippen molar-refractivity contribution in [3.8, 4) is 5.75 Å². The molecule has 0 aliphatic carbocycles. The molecule has 0 heterocycles. The molecule has 4 heteroatoms. The number of hydrogen-bond donors (Lipinski definition) is 2. The Bertz CT molecular complexity index is 314. The van der Waals surface area contributed by atoms with E-state index >= 15 is 0 Å². The van der Waals surface area contributed by atoms with Gasteiger partial charge in [-0.1, -0.05) is 18.2 Å². The first kappa shape index (κ1) is 9.51. The number of phenolic OH excluding ortho intramolecular Hbond substituents is 1. The smallest absolute Gasteiger partial charge is 0.252 e. The van der Waals surface area contributed by atoms with Gasteiger partial charge in [0.2, 0.25) is 0 Å². The van der Waals surface area contributed by atoms with E-state index in [1.54, 1.807) is 18.2 Å². The number of aromatic hydroxyl groups is 1. The molecule has 0 fully saturated rings. The van der Waals surface area contributed by atoms with Crippen molar-refractivity contribution < 1.29 is 14.3 Å². The number of alkyl halides is 1. The maximum Gasteiger partial charge on any atom is 0.252 e. The highest BCUT2D eigenvalue weighted by molar-refractivity contribution is 5.79. The molecule has 0 aromatic heterocycles. The van der Waals surface area contributed by atoms with Gasteiger partial charge >= 0.3 is 0 Å². The highest BCUT2D eigenvalue weighted by Gasteiger charge is 2.15. The van der Waals surface area contributed by atoms with Crippen LogP contribution in [0.25, 0.3) is 0 Å². The van der Waals surface area contributed by atoms with Crippen LogP contribution in [0.3, 0.4) is 0 Å². The van der Waals surface area contributed by atoms with Gasteiger partial charge in [-0.25, -0.2) is 4.39 Å². The van der Waals surface area contributed by atoms with Crippen molar-refractivity contribution in [3.05, 3.63) is 29.8 Å².